The molecule has 0 aliphatic rings. The minimum atomic E-state index is -0.427. The summed E-state index contributed by atoms with van der Waals surface area (Å²) in [4.78, 5) is 25.3. The Bertz CT molecular complexity index is 1010. The fourth-order valence-corrected chi connectivity index (χ4v) is 2.85. The molecule has 0 saturated carbocycles. The number of hydrogen-bond acceptors (Lipinski definition) is 3. The predicted octanol–water partition coefficient (Wildman–Crippen LogP) is 2.71. The number of likely N-dealkylation sites (N-methyl/N-ethyl adjacent to an activating group) is 1. The van der Waals surface area contributed by atoms with Gasteiger partial charge >= 0.3 is 0 Å². The van der Waals surface area contributed by atoms with Gasteiger partial charge in [0.1, 0.15) is 11.6 Å². The maximum absolute atomic E-state index is 13.2. The number of anilines is 2. The first-order chi connectivity index (χ1) is 14.5. The van der Waals surface area contributed by atoms with Crippen molar-refractivity contribution in [3.63, 3.8) is 0 Å². The number of rotatable bonds is 8. The molecule has 0 aliphatic heterocycles. The van der Waals surface area contributed by atoms with Gasteiger partial charge in [0, 0.05) is 5.69 Å². The van der Waals surface area contributed by atoms with Gasteiger partial charge in [-0.25, -0.2) is 4.39 Å². The van der Waals surface area contributed by atoms with Crippen LogP contribution in [0.15, 0.2) is 78.9 Å². The second-order valence-electron chi connectivity index (χ2n) is 6.83. The van der Waals surface area contributed by atoms with Crippen LogP contribution in [0.3, 0.4) is 0 Å². The molecule has 1 unspecified atom stereocenters. The number of nitrogens with one attached hydrogen (secondary N) is 3. The van der Waals surface area contributed by atoms with Gasteiger partial charge in [-0.05, 0) is 42.5 Å². The highest BCUT2D eigenvalue weighted by atomic mass is 19.1. The fraction of sp³-hybridized carbons (Fsp3) is 0.130. The highest BCUT2D eigenvalue weighted by Gasteiger charge is 2.16. The third-order valence-corrected chi connectivity index (χ3v) is 4.17. The number of para-hydroxylation sites is 3. The molecule has 7 heteroatoms. The standard InChI is InChI=1S/C23H22FN3O3/c1-27(15-22(28)25-18-9-7-8-17(24)14-18)16-23(29)26-20-12-5-6-13-21(20)30-19-10-3-2-4-11-19/h2-14H,15-16H2,1H3,(H,25,28)(H,26,29)/p+1. The highest BCUT2D eigenvalue weighted by molar-refractivity contribution is 5.94. The molecule has 3 aromatic rings. The smallest absolute Gasteiger partial charge is 0.279 e. The van der Waals surface area contributed by atoms with Crippen molar-refractivity contribution >= 4 is 23.2 Å². The van der Waals surface area contributed by atoms with Gasteiger partial charge in [0.2, 0.25) is 0 Å². The molecular weight excluding hydrogens is 385 g/mol. The van der Waals surface area contributed by atoms with E-state index in [9.17, 15) is 14.0 Å². The molecule has 0 fully saturated rings. The first-order valence-electron chi connectivity index (χ1n) is 9.48. The van der Waals surface area contributed by atoms with E-state index in [1.807, 2.05) is 36.4 Å². The van der Waals surface area contributed by atoms with Gasteiger partial charge in [0.05, 0.1) is 12.7 Å². The Labute approximate surface area is 174 Å². The average Bonchev–Trinajstić information content (AvgIpc) is 2.70. The number of amides is 2. The summed E-state index contributed by atoms with van der Waals surface area (Å²) in [5.41, 5.74) is 0.924. The first-order valence-corrected chi connectivity index (χ1v) is 9.48. The number of carbonyl (C=O) groups is 2. The molecular formula is C23H23FN3O3+. The van der Waals surface area contributed by atoms with E-state index in [-0.39, 0.29) is 24.9 Å². The molecule has 0 aromatic heterocycles. The van der Waals surface area contributed by atoms with Crippen LogP contribution in [0.1, 0.15) is 0 Å². The lowest BCUT2D eigenvalue weighted by molar-refractivity contribution is -0.862. The Kier molecular flexibility index (Phi) is 7.13. The van der Waals surface area contributed by atoms with Crippen molar-refractivity contribution in [2.45, 2.75) is 0 Å². The normalized spacial score (nSPS) is 11.4. The topological polar surface area (TPSA) is 71.9 Å². The minimum absolute atomic E-state index is 0.0616. The summed E-state index contributed by atoms with van der Waals surface area (Å²) in [5, 5.41) is 5.45. The third-order valence-electron chi connectivity index (χ3n) is 4.17. The third kappa shape index (κ3) is 6.42. The molecule has 3 N–H and O–H groups in total. The summed E-state index contributed by atoms with van der Waals surface area (Å²) in [5.74, 6) is 0.202. The molecule has 6 nitrogen and oxygen atoms in total. The zero-order valence-electron chi connectivity index (χ0n) is 16.5. The lowest BCUT2D eigenvalue weighted by Crippen LogP contribution is -3.11. The molecule has 154 valence electrons. The van der Waals surface area contributed by atoms with Crippen molar-refractivity contribution in [1.82, 2.24) is 0 Å². The van der Waals surface area contributed by atoms with E-state index in [0.717, 1.165) is 0 Å². The van der Waals surface area contributed by atoms with Crippen LogP contribution in [0.4, 0.5) is 15.8 Å². The summed E-state index contributed by atoms with van der Waals surface area (Å²) in [6.45, 7) is 0.141. The average molecular weight is 408 g/mol. The molecule has 2 amide bonds. The summed E-state index contributed by atoms with van der Waals surface area (Å²) in [6, 6.07) is 22.1. The first kappa shape index (κ1) is 21.0. The van der Waals surface area contributed by atoms with E-state index in [1.165, 1.54) is 18.2 Å². The van der Waals surface area contributed by atoms with Crippen molar-refractivity contribution in [3.8, 4) is 11.5 Å². The number of carbonyl (C=O) groups excluding carboxylic acids is 2. The van der Waals surface area contributed by atoms with Gasteiger partial charge in [-0.2, -0.15) is 0 Å². The van der Waals surface area contributed by atoms with Crippen molar-refractivity contribution in [3.05, 3.63) is 84.7 Å². The van der Waals surface area contributed by atoms with E-state index >= 15 is 0 Å². The zero-order chi connectivity index (χ0) is 21.3. The Balaban J connectivity index is 1.53. The summed E-state index contributed by atoms with van der Waals surface area (Å²) >= 11 is 0. The van der Waals surface area contributed by atoms with Crippen LogP contribution in [-0.4, -0.2) is 32.0 Å². The molecule has 0 saturated heterocycles. The van der Waals surface area contributed by atoms with Crippen molar-refractivity contribution < 1.29 is 23.6 Å². The van der Waals surface area contributed by atoms with Crippen LogP contribution >= 0.6 is 0 Å². The number of benzene rings is 3. The maximum atomic E-state index is 13.2. The van der Waals surface area contributed by atoms with Gasteiger partial charge in [0.15, 0.2) is 18.8 Å². The SMILES string of the molecule is C[NH+](CC(=O)Nc1cccc(F)c1)CC(=O)Nc1ccccc1Oc1ccccc1. The number of hydrogen-bond donors (Lipinski definition) is 3. The fourth-order valence-electron chi connectivity index (χ4n) is 2.85. The Hall–Kier alpha value is -3.71. The van der Waals surface area contributed by atoms with Crippen LogP contribution in [0, 0.1) is 5.82 Å². The van der Waals surface area contributed by atoms with E-state index < -0.39 is 5.82 Å². The van der Waals surface area contributed by atoms with Crippen molar-refractivity contribution in [2.24, 2.45) is 0 Å². The lowest BCUT2D eigenvalue weighted by Gasteiger charge is -2.15. The van der Waals surface area contributed by atoms with Crippen molar-refractivity contribution in [2.75, 3.05) is 30.8 Å². The molecule has 0 bridgehead atoms. The van der Waals surface area contributed by atoms with Crippen LogP contribution in [0.5, 0.6) is 11.5 Å². The summed E-state index contributed by atoms with van der Waals surface area (Å²) < 4.78 is 19.0. The molecule has 1 atom stereocenters. The largest absolute Gasteiger partial charge is 0.455 e. The summed E-state index contributed by atoms with van der Waals surface area (Å²) in [7, 11) is 1.73. The quantitative estimate of drug-likeness (QED) is 0.537. The molecule has 0 radical (unpaired) electrons. The molecule has 0 aliphatic carbocycles. The highest BCUT2D eigenvalue weighted by Crippen LogP contribution is 2.28. The van der Waals surface area contributed by atoms with Crippen LogP contribution in [0.25, 0.3) is 0 Å². The van der Waals surface area contributed by atoms with Gasteiger partial charge in [-0.1, -0.05) is 36.4 Å². The molecule has 0 spiro atoms. The lowest BCUT2D eigenvalue weighted by atomic mass is 10.2. The van der Waals surface area contributed by atoms with E-state index in [4.69, 9.17) is 4.74 Å². The van der Waals surface area contributed by atoms with Crippen LogP contribution in [0.2, 0.25) is 0 Å². The molecule has 0 heterocycles. The predicted molar refractivity (Wildman–Crippen MR) is 113 cm³/mol. The monoisotopic (exact) mass is 408 g/mol. The maximum Gasteiger partial charge on any atom is 0.279 e. The number of halogens is 1. The molecule has 30 heavy (non-hydrogen) atoms. The van der Waals surface area contributed by atoms with E-state index in [0.29, 0.717) is 27.8 Å². The Morgan fingerprint density at radius 3 is 2.27 bits per heavy atom. The number of ether oxygens (including phenoxy) is 1. The Morgan fingerprint density at radius 1 is 0.867 bits per heavy atom. The van der Waals surface area contributed by atoms with Crippen LogP contribution < -0.4 is 20.3 Å². The zero-order valence-corrected chi connectivity index (χ0v) is 16.5. The second-order valence-corrected chi connectivity index (χ2v) is 6.83. The van der Waals surface area contributed by atoms with Gasteiger partial charge in [-0.3, -0.25) is 9.59 Å². The van der Waals surface area contributed by atoms with Gasteiger partial charge < -0.3 is 20.3 Å². The van der Waals surface area contributed by atoms with Crippen LogP contribution in [-0.2, 0) is 9.59 Å². The van der Waals surface area contributed by atoms with Crippen molar-refractivity contribution in [1.29, 1.82) is 0 Å². The van der Waals surface area contributed by atoms with Gasteiger partial charge in [-0.15, -0.1) is 0 Å². The Morgan fingerprint density at radius 2 is 1.53 bits per heavy atom. The molecule has 3 aromatic carbocycles. The van der Waals surface area contributed by atoms with E-state index in [2.05, 4.69) is 10.6 Å². The summed E-state index contributed by atoms with van der Waals surface area (Å²) in [6.07, 6.45) is 0. The minimum Gasteiger partial charge on any atom is -0.455 e. The number of quaternary nitrogens is 1. The molecule has 3 rings (SSSR count). The second kappa shape index (κ2) is 10.2. The van der Waals surface area contributed by atoms with E-state index in [1.54, 1.807) is 31.3 Å². The van der Waals surface area contributed by atoms with Gasteiger partial charge in [0.25, 0.3) is 11.8 Å².